The van der Waals surface area contributed by atoms with Gasteiger partial charge in [0.1, 0.15) is 6.10 Å². The van der Waals surface area contributed by atoms with Crippen LogP contribution in [0.25, 0.3) is 0 Å². The third-order valence-corrected chi connectivity index (χ3v) is 1.09. The lowest BCUT2D eigenvalue weighted by molar-refractivity contribution is 0.223. The summed E-state index contributed by atoms with van der Waals surface area (Å²) < 4.78 is 0. The van der Waals surface area contributed by atoms with Crippen LogP contribution in [0.15, 0.2) is 12.7 Å². The van der Waals surface area contributed by atoms with E-state index in [1.165, 1.54) is 0 Å². The Morgan fingerprint density at radius 3 is 2.90 bits per heavy atom. The van der Waals surface area contributed by atoms with Gasteiger partial charge in [-0.15, -0.1) is 12.5 Å². The molecule has 0 rings (SSSR count). The zero-order valence-corrected chi connectivity index (χ0v) is 6.43. The Hall–Kier alpha value is -0.740. The molecule has 1 atom stereocenters. The fraction of sp³-hybridized carbons (Fsp3) is 0.556. The molecule has 1 heteroatoms. The predicted octanol–water partition coefficient (Wildman–Crippen LogP) is 1.73. The standard InChI is InChI=1S/C9H14O/c1-3-5-7-9(10)8-6-4-2/h3,9-10H,1,4-5,7H2,2H3. The van der Waals surface area contributed by atoms with Crippen molar-refractivity contribution < 1.29 is 5.11 Å². The van der Waals surface area contributed by atoms with E-state index in [1.54, 1.807) is 6.08 Å². The summed E-state index contributed by atoms with van der Waals surface area (Å²) in [5, 5.41) is 9.09. The highest BCUT2D eigenvalue weighted by Gasteiger charge is 1.94. The molecule has 0 heterocycles. The summed E-state index contributed by atoms with van der Waals surface area (Å²) in [6.07, 6.45) is 3.68. The van der Waals surface area contributed by atoms with Gasteiger partial charge in [0.15, 0.2) is 0 Å². The van der Waals surface area contributed by atoms with Crippen LogP contribution in [0.2, 0.25) is 0 Å². The first-order chi connectivity index (χ1) is 4.81. The zero-order chi connectivity index (χ0) is 7.82. The average molecular weight is 138 g/mol. The van der Waals surface area contributed by atoms with Crippen LogP contribution in [0.4, 0.5) is 0 Å². The highest BCUT2D eigenvalue weighted by atomic mass is 16.3. The van der Waals surface area contributed by atoms with Crippen molar-refractivity contribution >= 4 is 0 Å². The highest BCUT2D eigenvalue weighted by Crippen LogP contribution is 1.95. The van der Waals surface area contributed by atoms with Gasteiger partial charge in [0, 0.05) is 6.42 Å². The summed E-state index contributed by atoms with van der Waals surface area (Å²) in [5.74, 6) is 5.55. The zero-order valence-electron chi connectivity index (χ0n) is 6.43. The summed E-state index contributed by atoms with van der Waals surface area (Å²) in [6.45, 7) is 5.52. The molecule has 0 aromatic carbocycles. The molecule has 1 nitrogen and oxygen atoms in total. The fourth-order valence-electron chi connectivity index (χ4n) is 0.568. The van der Waals surface area contributed by atoms with E-state index >= 15 is 0 Å². The quantitative estimate of drug-likeness (QED) is 0.465. The minimum Gasteiger partial charge on any atom is -0.380 e. The van der Waals surface area contributed by atoms with Crippen molar-refractivity contribution in [3.63, 3.8) is 0 Å². The second-order valence-electron chi connectivity index (χ2n) is 2.06. The lowest BCUT2D eigenvalue weighted by Crippen LogP contribution is -2.00. The molecule has 1 unspecified atom stereocenters. The van der Waals surface area contributed by atoms with Crippen molar-refractivity contribution in [2.24, 2.45) is 0 Å². The summed E-state index contributed by atoms with van der Waals surface area (Å²) in [4.78, 5) is 0. The van der Waals surface area contributed by atoms with Crippen molar-refractivity contribution in [1.82, 2.24) is 0 Å². The number of aliphatic hydroxyl groups is 1. The van der Waals surface area contributed by atoms with E-state index in [0.29, 0.717) is 6.42 Å². The number of allylic oxidation sites excluding steroid dienone is 1. The van der Waals surface area contributed by atoms with E-state index in [1.807, 2.05) is 6.92 Å². The Morgan fingerprint density at radius 1 is 1.70 bits per heavy atom. The molecule has 0 bridgehead atoms. The Kier molecular flexibility index (Phi) is 5.91. The van der Waals surface area contributed by atoms with Gasteiger partial charge in [0.05, 0.1) is 0 Å². The predicted molar refractivity (Wildman–Crippen MR) is 43.5 cm³/mol. The molecule has 0 aliphatic carbocycles. The molecule has 0 aliphatic heterocycles. The van der Waals surface area contributed by atoms with E-state index in [0.717, 1.165) is 12.8 Å². The van der Waals surface area contributed by atoms with Crippen LogP contribution in [0.1, 0.15) is 26.2 Å². The van der Waals surface area contributed by atoms with Crippen LogP contribution in [-0.2, 0) is 0 Å². The van der Waals surface area contributed by atoms with Gasteiger partial charge in [-0.1, -0.05) is 18.9 Å². The summed E-state index contributed by atoms with van der Waals surface area (Å²) in [7, 11) is 0. The first-order valence-corrected chi connectivity index (χ1v) is 3.58. The topological polar surface area (TPSA) is 20.2 Å². The molecular formula is C9H14O. The molecule has 0 aliphatic rings. The van der Waals surface area contributed by atoms with Gasteiger partial charge in [0.2, 0.25) is 0 Å². The largest absolute Gasteiger partial charge is 0.380 e. The second kappa shape index (κ2) is 6.38. The molecule has 10 heavy (non-hydrogen) atoms. The van der Waals surface area contributed by atoms with E-state index in [-0.39, 0.29) is 0 Å². The van der Waals surface area contributed by atoms with Crippen molar-refractivity contribution in [2.75, 3.05) is 0 Å². The van der Waals surface area contributed by atoms with Crippen LogP contribution in [0, 0.1) is 11.8 Å². The number of rotatable bonds is 3. The van der Waals surface area contributed by atoms with Crippen LogP contribution in [0.5, 0.6) is 0 Å². The van der Waals surface area contributed by atoms with Crippen LogP contribution >= 0.6 is 0 Å². The van der Waals surface area contributed by atoms with Crippen LogP contribution in [0.3, 0.4) is 0 Å². The normalized spacial score (nSPS) is 11.4. The SMILES string of the molecule is C=CCCC(O)C#CCC. The van der Waals surface area contributed by atoms with Crippen LogP contribution in [-0.4, -0.2) is 11.2 Å². The molecule has 0 radical (unpaired) electrons. The second-order valence-corrected chi connectivity index (χ2v) is 2.06. The number of hydrogen-bond acceptors (Lipinski definition) is 1. The molecule has 0 aromatic heterocycles. The van der Waals surface area contributed by atoms with Gasteiger partial charge in [0.25, 0.3) is 0 Å². The monoisotopic (exact) mass is 138 g/mol. The number of aliphatic hydroxyl groups excluding tert-OH is 1. The van der Waals surface area contributed by atoms with Gasteiger partial charge in [-0.05, 0) is 12.8 Å². The lowest BCUT2D eigenvalue weighted by atomic mass is 10.2. The summed E-state index contributed by atoms with van der Waals surface area (Å²) in [5.41, 5.74) is 0. The van der Waals surface area contributed by atoms with Crippen LogP contribution < -0.4 is 0 Å². The molecular weight excluding hydrogens is 124 g/mol. The molecule has 0 saturated heterocycles. The maximum atomic E-state index is 9.09. The first kappa shape index (κ1) is 9.26. The van der Waals surface area contributed by atoms with Crippen molar-refractivity contribution in [3.8, 4) is 11.8 Å². The van der Waals surface area contributed by atoms with Crippen molar-refractivity contribution in [1.29, 1.82) is 0 Å². The Morgan fingerprint density at radius 2 is 2.40 bits per heavy atom. The summed E-state index contributed by atoms with van der Waals surface area (Å²) in [6, 6.07) is 0. The van der Waals surface area contributed by atoms with Gasteiger partial charge in [-0.2, -0.15) is 0 Å². The molecule has 0 saturated carbocycles. The molecule has 56 valence electrons. The molecule has 1 N–H and O–H groups in total. The molecule has 0 amide bonds. The third kappa shape index (κ3) is 5.40. The minimum absolute atomic E-state index is 0.460. The fourth-order valence-corrected chi connectivity index (χ4v) is 0.568. The van der Waals surface area contributed by atoms with E-state index < -0.39 is 6.10 Å². The maximum absolute atomic E-state index is 9.09. The Labute approximate surface area is 62.8 Å². The van der Waals surface area contributed by atoms with E-state index in [9.17, 15) is 0 Å². The number of hydrogen-bond donors (Lipinski definition) is 1. The van der Waals surface area contributed by atoms with Crippen molar-refractivity contribution in [2.45, 2.75) is 32.3 Å². The molecule has 0 fully saturated rings. The third-order valence-electron chi connectivity index (χ3n) is 1.09. The molecule has 0 spiro atoms. The van der Waals surface area contributed by atoms with Gasteiger partial charge >= 0.3 is 0 Å². The Bertz CT molecular complexity index is 139. The lowest BCUT2D eigenvalue weighted by Gasteiger charge is -1.97. The minimum atomic E-state index is -0.460. The average Bonchev–Trinajstić information content (AvgIpc) is 1.97. The Balaban J connectivity index is 3.41. The highest BCUT2D eigenvalue weighted by molar-refractivity contribution is 5.03. The van der Waals surface area contributed by atoms with Gasteiger partial charge in [-0.25, -0.2) is 0 Å². The molecule has 0 aromatic rings. The van der Waals surface area contributed by atoms with Gasteiger partial charge in [-0.3, -0.25) is 0 Å². The van der Waals surface area contributed by atoms with Gasteiger partial charge < -0.3 is 5.11 Å². The van der Waals surface area contributed by atoms with E-state index in [2.05, 4.69) is 18.4 Å². The smallest absolute Gasteiger partial charge is 0.115 e. The summed E-state index contributed by atoms with van der Waals surface area (Å²) >= 11 is 0. The first-order valence-electron chi connectivity index (χ1n) is 3.58. The van der Waals surface area contributed by atoms with Crippen molar-refractivity contribution in [3.05, 3.63) is 12.7 Å². The maximum Gasteiger partial charge on any atom is 0.115 e. The van der Waals surface area contributed by atoms with E-state index in [4.69, 9.17) is 5.11 Å².